The fourth-order valence-electron chi connectivity index (χ4n) is 4.22. The van der Waals surface area contributed by atoms with Gasteiger partial charge in [-0.1, -0.05) is 30.1 Å². The predicted octanol–water partition coefficient (Wildman–Crippen LogP) is 7.35. The molecule has 2 nitrogen and oxygen atoms in total. The number of hydrogen-bond acceptors (Lipinski definition) is 2. The molecule has 0 bridgehead atoms. The zero-order valence-corrected chi connectivity index (χ0v) is 18.5. The van der Waals surface area contributed by atoms with Gasteiger partial charge < -0.3 is 4.74 Å². The summed E-state index contributed by atoms with van der Waals surface area (Å²) in [5, 5.41) is 0.269. The van der Waals surface area contributed by atoms with Crippen molar-refractivity contribution in [1.82, 2.24) is 0 Å². The Kier molecular flexibility index (Phi) is 7.02. The van der Waals surface area contributed by atoms with Crippen LogP contribution in [0, 0.1) is 46.9 Å². The molecule has 34 heavy (non-hydrogen) atoms. The Balaban J connectivity index is 1.48. The van der Waals surface area contributed by atoms with Crippen LogP contribution in [0.5, 0.6) is 5.75 Å². The Morgan fingerprint density at radius 2 is 1.65 bits per heavy atom. The predicted molar refractivity (Wildman–Crippen MR) is 122 cm³/mol. The minimum absolute atomic E-state index is 0.00426. The third-order valence-electron chi connectivity index (χ3n) is 5.99. The van der Waals surface area contributed by atoms with E-state index in [0.29, 0.717) is 5.92 Å². The second kappa shape index (κ2) is 10.1. The number of ether oxygens (including phenoxy) is 1. The van der Waals surface area contributed by atoms with Gasteiger partial charge in [0.2, 0.25) is 0 Å². The molecule has 6 heteroatoms. The van der Waals surface area contributed by atoms with Gasteiger partial charge in [0.25, 0.3) is 0 Å². The lowest BCUT2D eigenvalue weighted by Gasteiger charge is -2.22. The zero-order valence-electron chi connectivity index (χ0n) is 18.5. The van der Waals surface area contributed by atoms with Crippen LogP contribution in [-0.2, 0) is 0 Å². The van der Waals surface area contributed by atoms with Gasteiger partial charge in [-0.05, 0) is 80.3 Å². The lowest BCUT2D eigenvalue weighted by atomic mass is 9.82. The monoisotopic (exact) mass is 466 g/mol. The maximum absolute atomic E-state index is 14.6. The highest BCUT2D eigenvalue weighted by Crippen LogP contribution is 2.29. The normalized spacial score (nSPS) is 18.0. The molecule has 174 valence electrons. The summed E-state index contributed by atoms with van der Waals surface area (Å²) < 4.78 is 61.5. The first-order valence-electron chi connectivity index (χ1n) is 11.1. The number of benzene rings is 3. The van der Waals surface area contributed by atoms with Crippen LogP contribution in [0.1, 0.15) is 48.5 Å². The molecule has 3 aromatic rings. The van der Waals surface area contributed by atoms with E-state index in [1.54, 1.807) is 0 Å². The molecule has 1 saturated carbocycles. The van der Waals surface area contributed by atoms with E-state index in [1.165, 1.54) is 24.3 Å². The fourth-order valence-corrected chi connectivity index (χ4v) is 4.22. The first-order chi connectivity index (χ1) is 16.4. The average Bonchev–Trinajstić information content (AvgIpc) is 2.81. The second-order valence-corrected chi connectivity index (χ2v) is 8.36. The zero-order chi connectivity index (χ0) is 24.2. The molecule has 0 N–H and O–H groups in total. The Bertz CT molecular complexity index is 1300. The van der Waals surface area contributed by atoms with Gasteiger partial charge in [0.15, 0.2) is 11.6 Å². The van der Waals surface area contributed by atoms with Gasteiger partial charge in [0, 0.05) is 16.9 Å². The molecule has 0 heterocycles. The molecule has 1 aliphatic rings. The summed E-state index contributed by atoms with van der Waals surface area (Å²) in [7, 11) is 0. The molecule has 0 aliphatic heterocycles. The minimum Gasteiger partial charge on any atom is -0.423 e. The van der Waals surface area contributed by atoms with Crippen molar-refractivity contribution in [1.29, 1.82) is 0 Å². The third-order valence-corrected chi connectivity index (χ3v) is 5.99. The summed E-state index contributed by atoms with van der Waals surface area (Å²) in [6.07, 6.45) is 8.18. The summed E-state index contributed by atoms with van der Waals surface area (Å²) >= 11 is 0. The van der Waals surface area contributed by atoms with E-state index >= 15 is 0 Å². The SMILES string of the molecule is C/C=C/C1CCC(C#Cc2cc(F)c(C(=O)Oc3ccc4c(F)c(F)ccc4c3)c(F)c2)CC1. The Hall–Kier alpha value is -3.59. The third kappa shape index (κ3) is 5.14. The minimum atomic E-state index is -1.24. The maximum Gasteiger partial charge on any atom is 0.349 e. The van der Waals surface area contributed by atoms with Crippen molar-refractivity contribution in [3.05, 3.63) is 89.0 Å². The van der Waals surface area contributed by atoms with E-state index in [9.17, 15) is 22.4 Å². The Morgan fingerprint density at radius 3 is 2.32 bits per heavy atom. The van der Waals surface area contributed by atoms with Gasteiger partial charge in [-0.15, -0.1) is 0 Å². The molecule has 0 amide bonds. The number of halogens is 4. The Morgan fingerprint density at radius 1 is 0.941 bits per heavy atom. The van der Waals surface area contributed by atoms with Crippen LogP contribution in [0.4, 0.5) is 17.6 Å². The molecular weight excluding hydrogens is 444 g/mol. The Labute approximate surface area is 195 Å². The van der Waals surface area contributed by atoms with E-state index in [0.717, 1.165) is 43.9 Å². The summed E-state index contributed by atoms with van der Waals surface area (Å²) in [4.78, 5) is 12.4. The molecule has 1 fully saturated rings. The van der Waals surface area contributed by atoms with Crippen molar-refractivity contribution in [2.45, 2.75) is 32.6 Å². The molecule has 0 unspecified atom stereocenters. The fraction of sp³-hybridized carbons (Fsp3) is 0.250. The highest BCUT2D eigenvalue weighted by atomic mass is 19.2. The number of esters is 1. The van der Waals surface area contributed by atoms with E-state index in [-0.39, 0.29) is 28.0 Å². The van der Waals surface area contributed by atoms with Crippen LogP contribution in [0.2, 0.25) is 0 Å². The topological polar surface area (TPSA) is 26.3 Å². The van der Waals surface area contributed by atoms with Gasteiger partial charge in [-0.2, -0.15) is 0 Å². The van der Waals surface area contributed by atoms with Crippen LogP contribution in [-0.4, -0.2) is 5.97 Å². The number of hydrogen-bond donors (Lipinski definition) is 0. The summed E-state index contributed by atoms with van der Waals surface area (Å²) in [5.41, 5.74) is -0.701. The van der Waals surface area contributed by atoms with Crippen LogP contribution >= 0.6 is 0 Å². The number of allylic oxidation sites excluding steroid dienone is 2. The summed E-state index contributed by atoms with van der Waals surface area (Å²) in [6.45, 7) is 2.00. The van der Waals surface area contributed by atoms with Gasteiger partial charge in [0.05, 0.1) is 0 Å². The van der Waals surface area contributed by atoms with Crippen LogP contribution < -0.4 is 4.74 Å². The molecule has 3 aromatic carbocycles. The van der Waals surface area contributed by atoms with E-state index in [4.69, 9.17) is 4.74 Å². The number of rotatable bonds is 3. The van der Waals surface area contributed by atoms with Crippen molar-refractivity contribution in [2.75, 3.05) is 0 Å². The van der Waals surface area contributed by atoms with Gasteiger partial charge in [-0.25, -0.2) is 22.4 Å². The smallest absolute Gasteiger partial charge is 0.349 e. The first-order valence-corrected chi connectivity index (χ1v) is 11.1. The van der Waals surface area contributed by atoms with Crippen LogP contribution in [0.15, 0.2) is 54.6 Å². The largest absolute Gasteiger partial charge is 0.423 e. The molecule has 0 aromatic heterocycles. The van der Waals surface area contributed by atoms with E-state index in [1.807, 2.05) is 6.92 Å². The molecule has 0 spiro atoms. The van der Waals surface area contributed by atoms with Crippen molar-refractivity contribution in [3.8, 4) is 17.6 Å². The number of carbonyl (C=O) groups is 1. The van der Waals surface area contributed by atoms with Crippen molar-refractivity contribution < 1.29 is 27.1 Å². The highest BCUT2D eigenvalue weighted by Gasteiger charge is 2.22. The summed E-state index contributed by atoms with van der Waals surface area (Å²) in [6, 6.07) is 8.02. The molecule has 0 saturated heterocycles. The lowest BCUT2D eigenvalue weighted by molar-refractivity contribution is 0.0725. The lowest BCUT2D eigenvalue weighted by Crippen LogP contribution is -2.13. The molecule has 0 radical (unpaired) electrons. The molecular formula is C28H22F4O2. The van der Waals surface area contributed by atoms with E-state index < -0.39 is 34.8 Å². The van der Waals surface area contributed by atoms with Crippen molar-refractivity contribution in [2.24, 2.45) is 11.8 Å². The molecule has 1 aliphatic carbocycles. The molecule has 0 atom stereocenters. The second-order valence-electron chi connectivity index (χ2n) is 8.36. The van der Waals surface area contributed by atoms with Crippen molar-refractivity contribution in [3.63, 3.8) is 0 Å². The van der Waals surface area contributed by atoms with Gasteiger partial charge >= 0.3 is 5.97 Å². The number of carbonyl (C=O) groups excluding carboxylic acids is 1. The highest BCUT2D eigenvalue weighted by molar-refractivity contribution is 5.93. The van der Waals surface area contributed by atoms with Gasteiger partial charge in [-0.3, -0.25) is 0 Å². The summed E-state index contributed by atoms with van der Waals surface area (Å²) in [5.74, 6) is 1.14. The standard InChI is InChI=1S/C28H22F4O2/c1-2-3-17-4-6-18(7-5-17)8-9-19-14-24(30)26(25(31)15-19)28(33)34-21-11-12-22-20(16-21)10-13-23(29)27(22)32/h2-3,10-18H,4-7H2,1H3/b3-2+. The number of fused-ring (bicyclic) bond motifs is 1. The van der Waals surface area contributed by atoms with Crippen LogP contribution in [0.3, 0.4) is 0 Å². The first kappa shape index (κ1) is 23.6. The van der Waals surface area contributed by atoms with Crippen LogP contribution in [0.25, 0.3) is 10.8 Å². The molecule has 4 rings (SSSR count). The van der Waals surface area contributed by atoms with Gasteiger partial charge in [0.1, 0.15) is 22.9 Å². The average molecular weight is 466 g/mol. The van der Waals surface area contributed by atoms with E-state index in [2.05, 4.69) is 24.0 Å². The quantitative estimate of drug-likeness (QED) is 0.133. The maximum atomic E-state index is 14.6. The van der Waals surface area contributed by atoms with Crippen molar-refractivity contribution >= 4 is 16.7 Å².